The molecule has 1 aromatic carbocycles. The Bertz CT molecular complexity index is 363. The van der Waals surface area contributed by atoms with Gasteiger partial charge in [-0.3, -0.25) is 4.90 Å². The van der Waals surface area contributed by atoms with Crippen LogP contribution in [0.15, 0.2) is 18.2 Å². The minimum atomic E-state index is 0.191. The third-order valence-corrected chi connectivity index (χ3v) is 3.34. The molecule has 0 aromatic heterocycles. The summed E-state index contributed by atoms with van der Waals surface area (Å²) in [6.07, 6.45) is 0. The molecule has 1 N–H and O–H groups in total. The average Bonchev–Trinajstić information content (AvgIpc) is 2.30. The summed E-state index contributed by atoms with van der Waals surface area (Å²) in [4.78, 5) is 2.30. The molecule has 0 heterocycles. The first-order chi connectivity index (χ1) is 7.95. The predicted octanol–water partition coefficient (Wildman–Crippen LogP) is 2.88. The molecule has 0 aliphatic carbocycles. The molecular weight excluding hydrogens is 214 g/mol. The second-order valence-corrected chi connectivity index (χ2v) is 4.91. The van der Waals surface area contributed by atoms with E-state index in [1.807, 2.05) is 12.1 Å². The first-order valence-corrected chi connectivity index (χ1v) is 6.01. The summed E-state index contributed by atoms with van der Waals surface area (Å²) in [6.45, 7) is 7.52. The average molecular weight is 237 g/mol. The Balaban J connectivity index is 2.75. The first-order valence-electron chi connectivity index (χ1n) is 6.01. The number of benzene rings is 1. The Morgan fingerprint density at radius 3 is 2.47 bits per heavy atom. The number of hydrogen-bond acceptors (Lipinski definition) is 3. The maximum atomic E-state index is 9.53. The molecule has 0 radical (unpaired) electrons. The number of phenolic OH excluding ortho intramolecular Hbond substituents is 1. The van der Waals surface area contributed by atoms with Crippen molar-refractivity contribution in [3.8, 4) is 11.5 Å². The lowest BCUT2D eigenvalue weighted by atomic mass is 10.0. The number of hydrogen-bond donors (Lipinski definition) is 1. The van der Waals surface area contributed by atoms with Crippen LogP contribution in [0.3, 0.4) is 0 Å². The van der Waals surface area contributed by atoms with Crippen molar-refractivity contribution in [2.45, 2.75) is 33.4 Å². The van der Waals surface area contributed by atoms with Crippen molar-refractivity contribution in [2.75, 3.05) is 14.2 Å². The van der Waals surface area contributed by atoms with Crippen molar-refractivity contribution in [1.29, 1.82) is 0 Å². The van der Waals surface area contributed by atoms with Gasteiger partial charge in [0.05, 0.1) is 7.11 Å². The van der Waals surface area contributed by atoms with Crippen LogP contribution in [0.5, 0.6) is 11.5 Å². The van der Waals surface area contributed by atoms with Gasteiger partial charge in [-0.1, -0.05) is 19.9 Å². The van der Waals surface area contributed by atoms with Gasteiger partial charge in [0, 0.05) is 12.6 Å². The molecule has 17 heavy (non-hydrogen) atoms. The summed E-state index contributed by atoms with van der Waals surface area (Å²) in [7, 11) is 3.68. The maximum absolute atomic E-state index is 9.53. The van der Waals surface area contributed by atoms with Gasteiger partial charge in [-0.25, -0.2) is 0 Å². The summed E-state index contributed by atoms with van der Waals surface area (Å²) in [5.41, 5.74) is 1.15. The zero-order valence-corrected chi connectivity index (χ0v) is 11.4. The quantitative estimate of drug-likeness (QED) is 0.854. The molecule has 1 rings (SSSR count). The summed E-state index contributed by atoms with van der Waals surface area (Å²) in [5, 5.41) is 9.53. The minimum absolute atomic E-state index is 0.191. The van der Waals surface area contributed by atoms with Gasteiger partial charge in [-0.2, -0.15) is 0 Å². The lowest BCUT2D eigenvalue weighted by Gasteiger charge is -2.28. The Hall–Kier alpha value is -1.22. The van der Waals surface area contributed by atoms with E-state index in [4.69, 9.17) is 4.74 Å². The Morgan fingerprint density at radius 2 is 1.94 bits per heavy atom. The van der Waals surface area contributed by atoms with E-state index in [0.29, 0.717) is 17.7 Å². The van der Waals surface area contributed by atoms with Gasteiger partial charge in [0.15, 0.2) is 11.5 Å². The van der Waals surface area contributed by atoms with Gasteiger partial charge in [-0.15, -0.1) is 0 Å². The summed E-state index contributed by atoms with van der Waals surface area (Å²) in [6, 6.07) is 6.03. The van der Waals surface area contributed by atoms with Crippen LogP contribution in [-0.2, 0) is 6.54 Å². The summed E-state index contributed by atoms with van der Waals surface area (Å²) >= 11 is 0. The predicted molar refractivity (Wildman–Crippen MR) is 70.4 cm³/mol. The number of ether oxygens (including phenoxy) is 1. The van der Waals surface area contributed by atoms with Gasteiger partial charge in [0.25, 0.3) is 0 Å². The van der Waals surface area contributed by atoms with E-state index < -0.39 is 0 Å². The highest BCUT2D eigenvalue weighted by molar-refractivity contribution is 5.41. The standard InChI is InChI=1S/C14H23NO2/c1-10(2)11(3)15(4)9-12-6-7-13(16)14(8-12)17-5/h6-8,10-11,16H,9H2,1-5H3. The molecule has 0 spiro atoms. The fourth-order valence-corrected chi connectivity index (χ4v) is 1.76. The zero-order chi connectivity index (χ0) is 13.0. The fraction of sp³-hybridized carbons (Fsp3) is 0.571. The van der Waals surface area contributed by atoms with Crippen molar-refractivity contribution in [2.24, 2.45) is 5.92 Å². The largest absolute Gasteiger partial charge is 0.504 e. The number of methoxy groups -OCH3 is 1. The molecule has 1 atom stereocenters. The van der Waals surface area contributed by atoms with Crippen molar-refractivity contribution >= 4 is 0 Å². The lowest BCUT2D eigenvalue weighted by Crippen LogP contribution is -2.32. The normalized spacial score (nSPS) is 13.1. The van der Waals surface area contributed by atoms with Crippen LogP contribution < -0.4 is 4.74 Å². The topological polar surface area (TPSA) is 32.7 Å². The number of phenols is 1. The highest BCUT2D eigenvalue weighted by atomic mass is 16.5. The van der Waals surface area contributed by atoms with E-state index in [1.54, 1.807) is 13.2 Å². The van der Waals surface area contributed by atoms with Crippen LogP contribution in [0.1, 0.15) is 26.3 Å². The summed E-state index contributed by atoms with van der Waals surface area (Å²) in [5.74, 6) is 1.35. The van der Waals surface area contributed by atoms with Gasteiger partial charge in [0.1, 0.15) is 0 Å². The van der Waals surface area contributed by atoms with E-state index in [1.165, 1.54) is 0 Å². The van der Waals surface area contributed by atoms with Crippen molar-refractivity contribution in [3.05, 3.63) is 23.8 Å². The van der Waals surface area contributed by atoms with Gasteiger partial charge in [0.2, 0.25) is 0 Å². The Morgan fingerprint density at radius 1 is 1.29 bits per heavy atom. The second-order valence-electron chi connectivity index (χ2n) is 4.91. The van der Waals surface area contributed by atoms with Crippen molar-refractivity contribution < 1.29 is 9.84 Å². The molecule has 96 valence electrons. The summed E-state index contributed by atoms with van der Waals surface area (Å²) < 4.78 is 5.11. The highest BCUT2D eigenvalue weighted by Crippen LogP contribution is 2.27. The SMILES string of the molecule is COc1cc(CN(C)C(C)C(C)C)ccc1O. The zero-order valence-electron chi connectivity index (χ0n) is 11.4. The van der Waals surface area contributed by atoms with Gasteiger partial charge < -0.3 is 9.84 Å². The molecule has 0 saturated heterocycles. The Labute approximate surface area is 104 Å². The maximum Gasteiger partial charge on any atom is 0.160 e. The number of nitrogens with zero attached hydrogens (tertiary/aromatic N) is 1. The van der Waals surface area contributed by atoms with Crippen molar-refractivity contribution in [1.82, 2.24) is 4.90 Å². The third-order valence-electron chi connectivity index (χ3n) is 3.34. The van der Waals surface area contributed by atoms with Crippen LogP contribution in [-0.4, -0.2) is 30.2 Å². The van der Waals surface area contributed by atoms with Crippen LogP contribution >= 0.6 is 0 Å². The number of aromatic hydroxyl groups is 1. The molecular formula is C14H23NO2. The molecule has 3 nitrogen and oxygen atoms in total. The molecule has 3 heteroatoms. The van der Waals surface area contributed by atoms with E-state index in [2.05, 4.69) is 32.7 Å². The van der Waals surface area contributed by atoms with Crippen LogP contribution in [0.4, 0.5) is 0 Å². The number of rotatable bonds is 5. The fourth-order valence-electron chi connectivity index (χ4n) is 1.76. The van der Waals surface area contributed by atoms with E-state index in [-0.39, 0.29) is 5.75 Å². The van der Waals surface area contributed by atoms with E-state index >= 15 is 0 Å². The van der Waals surface area contributed by atoms with Gasteiger partial charge >= 0.3 is 0 Å². The monoisotopic (exact) mass is 237 g/mol. The molecule has 1 unspecified atom stereocenters. The molecule has 0 bridgehead atoms. The molecule has 1 aromatic rings. The third kappa shape index (κ3) is 3.63. The van der Waals surface area contributed by atoms with E-state index in [0.717, 1.165) is 12.1 Å². The molecule has 0 amide bonds. The highest BCUT2D eigenvalue weighted by Gasteiger charge is 2.13. The Kier molecular flexibility index (Phi) is 4.82. The van der Waals surface area contributed by atoms with Crippen LogP contribution in [0.2, 0.25) is 0 Å². The smallest absolute Gasteiger partial charge is 0.160 e. The molecule has 0 saturated carbocycles. The minimum Gasteiger partial charge on any atom is -0.504 e. The first kappa shape index (κ1) is 13.8. The molecule has 0 aliphatic rings. The van der Waals surface area contributed by atoms with Crippen LogP contribution in [0.25, 0.3) is 0 Å². The van der Waals surface area contributed by atoms with Crippen molar-refractivity contribution in [3.63, 3.8) is 0 Å². The van der Waals surface area contributed by atoms with Gasteiger partial charge in [-0.05, 0) is 37.6 Å². The lowest BCUT2D eigenvalue weighted by molar-refractivity contribution is 0.200. The molecule has 0 fully saturated rings. The van der Waals surface area contributed by atoms with E-state index in [9.17, 15) is 5.11 Å². The van der Waals surface area contributed by atoms with Crippen LogP contribution in [0, 0.1) is 5.92 Å². The second kappa shape index (κ2) is 5.92. The molecule has 0 aliphatic heterocycles.